The summed E-state index contributed by atoms with van der Waals surface area (Å²) in [5, 5.41) is 10.4. The van der Waals surface area contributed by atoms with Crippen LogP contribution in [0.1, 0.15) is 36.8 Å². The Bertz CT molecular complexity index is 1230. The number of hydrogen-bond acceptors (Lipinski definition) is 5. The van der Waals surface area contributed by atoms with Gasteiger partial charge in [0.15, 0.2) is 22.1 Å². The lowest BCUT2D eigenvalue weighted by Gasteiger charge is -2.31. The first-order chi connectivity index (χ1) is 16.0. The van der Waals surface area contributed by atoms with Gasteiger partial charge in [-0.25, -0.2) is 0 Å². The zero-order valence-electron chi connectivity index (χ0n) is 18.7. The van der Waals surface area contributed by atoms with E-state index in [1.165, 1.54) is 5.56 Å². The fourth-order valence-electron chi connectivity index (χ4n) is 4.93. The average molecular weight is 465 g/mol. The molecule has 1 aliphatic heterocycles. The summed E-state index contributed by atoms with van der Waals surface area (Å²) in [6.45, 7) is 3.87. The zero-order valence-corrected chi connectivity index (χ0v) is 19.5. The predicted octanol–water partition coefficient (Wildman–Crippen LogP) is 4.32. The van der Waals surface area contributed by atoms with Crippen molar-refractivity contribution in [3.8, 4) is 22.9 Å². The Morgan fingerprint density at radius 2 is 1.94 bits per heavy atom. The second-order valence-electron chi connectivity index (χ2n) is 8.93. The zero-order chi connectivity index (χ0) is 22.8. The number of aryl methyl sites for hydroxylation is 1. The van der Waals surface area contributed by atoms with Gasteiger partial charge in [0, 0.05) is 17.5 Å². The minimum absolute atomic E-state index is 0.0785. The van der Waals surface area contributed by atoms with Crippen molar-refractivity contribution >= 4 is 18.1 Å². The minimum Gasteiger partial charge on any atom is -0.486 e. The van der Waals surface area contributed by atoms with Crippen molar-refractivity contribution in [2.24, 2.45) is 0 Å². The van der Waals surface area contributed by atoms with Crippen molar-refractivity contribution in [2.75, 3.05) is 19.8 Å². The fraction of sp³-hybridized carbons (Fsp3) is 0.400. The van der Waals surface area contributed by atoms with Crippen molar-refractivity contribution in [1.82, 2.24) is 20.1 Å². The number of benzene rings is 2. The van der Waals surface area contributed by atoms with Crippen LogP contribution >= 0.6 is 12.2 Å². The van der Waals surface area contributed by atoms with E-state index in [0.717, 1.165) is 48.3 Å². The molecular weight excluding hydrogens is 436 g/mol. The topological polar surface area (TPSA) is 81.2 Å². The van der Waals surface area contributed by atoms with Crippen LogP contribution < -0.4 is 14.8 Å². The number of aromatic amines is 1. The van der Waals surface area contributed by atoms with E-state index in [1.54, 1.807) is 4.57 Å². The van der Waals surface area contributed by atoms with E-state index in [4.69, 9.17) is 21.7 Å². The van der Waals surface area contributed by atoms with E-state index in [9.17, 15) is 4.79 Å². The number of rotatable bonds is 6. The molecule has 8 heteroatoms. The van der Waals surface area contributed by atoms with E-state index in [1.807, 2.05) is 37.3 Å². The first-order valence-corrected chi connectivity index (χ1v) is 11.8. The van der Waals surface area contributed by atoms with Crippen LogP contribution in [-0.4, -0.2) is 40.4 Å². The third-order valence-corrected chi connectivity index (χ3v) is 6.99. The Balaban J connectivity index is 1.33. The van der Waals surface area contributed by atoms with Gasteiger partial charge in [-0.3, -0.25) is 14.5 Å². The molecule has 172 valence electrons. The molecule has 7 nitrogen and oxygen atoms in total. The van der Waals surface area contributed by atoms with Crippen LogP contribution in [0.4, 0.5) is 0 Å². The summed E-state index contributed by atoms with van der Waals surface area (Å²) < 4.78 is 13.7. The quantitative estimate of drug-likeness (QED) is 0.531. The summed E-state index contributed by atoms with van der Waals surface area (Å²) in [5.74, 6) is 2.18. The lowest BCUT2D eigenvalue weighted by Crippen LogP contribution is -2.40. The molecule has 1 saturated carbocycles. The highest BCUT2D eigenvalue weighted by Gasteiger charge is 2.37. The molecule has 3 aromatic rings. The van der Waals surface area contributed by atoms with Gasteiger partial charge in [0.2, 0.25) is 5.91 Å². The van der Waals surface area contributed by atoms with Crippen LogP contribution in [0.5, 0.6) is 11.5 Å². The van der Waals surface area contributed by atoms with E-state index < -0.39 is 0 Å². The number of hydrogen-bond donors (Lipinski definition) is 2. The van der Waals surface area contributed by atoms with Gasteiger partial charge in [0.1, 0.15) is 19.8 Å². The lowest BCUT2D eigenvalue weighted by atomic mass is 9.78. The second-order valence-corrected chi connectivity index (χ2v) is 9.32. The highest BCUT2D eigenvalue weighted by molar-refractivity contribution is 7.71. The normalized spacial score (nSPS) is 16.5. The Labute approximate surface area is 198 Å². The predicted molar refractivity (Wildman–Crippen MR) is 128 cm³/mol. The van der Waals surface area contributed by atoms with Crippen molar-refractivity contribution in [2.45, 2.75) is 44.6 Å². The standard InChI is InChI=1S/C25H28N4O3S/c1-17-5-4-6-18(13-17)23-27-28-24(33)29(23)15-22(30)26-16-25(9-2-3-10-25)19-7-8-20-21(14-19)32-12-11-31-20/h4-8,13-14H,2-3,9-12,15-16H2,1H3,(H,26,30)(H,28,33). The molecule has 1 aliphatic carbocycles. The Morgan fingerprint density at radius 1 is 1.15 bits per heavy atom. The lowest BCUT2D eigenvalue weighted by molar-refractivity contribution is -0.121. The van der Waals surface area contributed by atoms with Crippen LogP contribution in [0.15, 0.2) is 42.5 Å². The molecule has 0 spiro atoms. The summed E-state index contributed by atoms with van der Waals surface area (Å²) in [7, 11) is 0. The summed E-state index contributed by atoms with van der Waals surface area (Å²) in [4.78, 5) is 13.0. The Kier molecular flexibility index (Phi) is 5.93. The van der Waals surface area contributed by atoms with E-state index in [-0.39, 0.29) is 17.9 Å². The highest BCUT2D eigenvalue weighted by atomic mass is 32.1. The first kappa shape index (κ1) is 21.7. The Morgan fingerprint density at radius 3 is 2.73 bits per heavy atom. The first-order valence-electron chi connectivity index (χ1n) is 11.4. The molecule has 1 amide bonds. The van der Waals surface area contributed by atoms with Crippen molar-refractivity contribution < 1.29 is 14.3 Å². The van der Waals surface area contributed by atoms with Crippen molar-refractivity contribution in [3.05, 3.63) is 58.4 Å². The Hall–Kier alpha value is -3.13. The molecule has 0 atom stereocenters. The number of ether oxygens (including phenoxy) is 2. The number of aromatic nitrogens is 3. The van der Waals surface area contributed by atoms with Gasteiger partial charge in [0.25, 0.3) is 0 Å². The maximum atomic E-state index is 13.0. The number of H-pyrrole nitrogens is 1. The van der Waals surface area contributed by atoms with Crippen LogP contribution in [-0.2, 0) is 16.8 Å². The van der Waals surface area contributed by atoms with Crippen LogP contribution in [0.2, 0.25) is 0 Å². The molecule has 1 fully saturated rings. The number of carbonyl (C=O) groups excluding carboxylic acids is 1. The largest absolute Gasteiger partial charge is 0.486 e. The van der Waals surface area contributed by atoms with Gasteiger partial charge in [-0.15, -0.1) is 0 Å². The molecule has 0 bridgehead atoms. The van der Waals surface area contributed by atoms with Crippen LogP contribution in [0.25, 0.3) is 11.4 Å². The number of nitrogens with zero attached hydrogens (tertiary/aromatic N) is 2. The fourth-order valence-corrected chi connectivity index (χ4v) is 5.13. The van der Waals surface area contributed by atoms with Crippen LogP contribution in [0.3, 0.4) is 0 Å². The van der Waals surface area contributed by atoms with Crippen molar-refractivity contribution in [1.29, 1.82) is 0 Å². The summed E-state index contributed by atoms with van der Waals surface area (Å²) in [6.07, 6.45) is 4.36. The molecule has 2 aromatic carbocycles. The van der Waals surface area contributed by atoms with E-state index in [2.05, 4.69) is 27.6 Å². The monoisotopic (exact) mass is 464 g/mol. The number of carbonyl (C=O) groups is 1. The van der Waals surface area contributed by atoms with Gasteiger partial charge in [0.05, 0.1) is 0 Å². The molecule has 5 rings (SSSR count). The van der Waals surface area contributed by atoms with E-state index >= 15 is 0 Å². The molecule has 0 saturated heterocycles. The molecule has 2 N–H and O–H groups in total. The van der Waals surface area contributed by atoms with Crippen LogP contribution in [0, 0.1) is 11.7 Å². The average Bonchev–Trinajstić information content (AvgIpc) is 3.45. The summed E-state index contributed by atoms with van der Waals surface area (Å²) >= 11 is 5.41. The number of amides is 1. The minimum atomic E-state index is -0.0945. The molecule has 0 radical (unpaired) electrons. The highest BCUT2D eigenvalue weighted by Crippen LogP contribution is 2.43. The molecular formula is C25H28N4O3S. The number of fused-ring (bicyclic) bond motifs is 1. The molecule has 33 heavy (non-hydrogen) atoms. The van der Waals surface area contributed by atoms with Gasteiger partial charge in [-0.2, -0.15) is 5.10 Å². The SMILES string of the molecule is Cc1cccc(-c2n[nH]c(=S)n2CC(=O)NCC2(c3ccc4c(c3)OCCO4)CCCC2)c1. The molecule has 2 aliphatic rings. The van der Waals surface area contributed by atoms with Crippen molar-refractivity contribution in [3.63, 3.8) is 0 Å². The van der Waals surface area contributed by atoms with Gasteiger partial charge < -0.3 is 14.8 Å². The van der Waals surface area contributed by atoms with Gasteiger partial charge in [-0.1, -0.05) is 42.7 Å². The van der Waals surface area contributed by atoms with Gasteiger partial charge >= 0.3 is 0 Å². The summed E-state index contributed by atoms with van der Waals surface area (Å²) in [6, 6.07) is 14.2. The maximum Gasteiger partial charge on any atom is 0.240 e. The maximum absolute atomic E-state index is 13.0. The summed E-state index contributed by atoms with van der Waals surface area (Å²) in [5.41, 5.74) is 3.16. The molecule has 2 heterocycles. The van der Waals surface area contributed by atoms with E-state index in [0.29, 0.717) is 30.4 Å². The van der Waals surface area contributed by atoms with Gasteiger partial charge in [-0.05, 0) is 55.7 Å². The smallest absolute Gasteiger partial charge is 0.240 e. The third-order valence-electron chi connectivity index (χ3n) is 6.68. The molecule has 0 unspecified atom stereocenters. The second kappa shape index (κ2) is 9.02. The number of nitrogens with one attached hydrogen (secondary N) is 2. The molecule has 1 aromatic heterocycles. The third kappa shape index (κ3) is 4.39.